The van der Waals surface area contributed by atoms with Gasteiger partial charge >= 0.3 is 0 Å². The van der Waals surface area contributed by atoms with Gasteiger partial charge in [-0.1, -0.05) is 0 Å². The highest BCUT2D eigenvalue weighted by molar-refractivity contribution is 7.09. The van der Waals surface area contributed by atoms with Crippen molar-refractivity contribution in [2.75, 3.05) is 26.2 Å². The number of likely N-dealkylation sites (tertiary alicyclic amines) is 1. The maximum absolute atomic E-state index is 9.87. The van der Waals surface area contributed by atoms with Gasteiger partial charge in [-0.05, 0) is 32.9 Å². The number of aliphatic hydroxyl groups excluding tert-OH is 1. The molecule has 2 rings (SSSR count). The predicted octanol–water partition coefficient (Wildman–Crippen LogP) is 0.998. The van der Waals surface area contributed by atoms with Crippen LogP contribution in [0.4, 0.5) is 0 Å². The van der Waals surface area contributed by atoms with Crippen molar-refractivity contribution in [1.29, 1.82) is 0 Å². The van der Waals surface area contributed by atoms with E-state index >= 15 is 0 Å². The Bertz CT molecular complexity index is 336. The van der Waals surface area contributed by atoms with E-state index in [0.717, 1.165) is 36.9 Å². The Morgan fingerprint density at radius 3 is 2.94 bits per heavy atom. The molecule has 1 aliphatic heterocycles. The minimum absolute atomic E-state index is 0.269. The van der Waals surface area contributed by atoms with Crippen molar-refractivity contribution in [2.24, 2.45) is 0 Å². The Balaban J connectivity index is 1.60. The van der Waals surface area contributed by atoms with Crippen molar-refractivity contribution >= 4 is 11.3 Å². The summed E-state index contributed by atoms with van der Waals surface area (Å²) in [5, 5.41) is 16.3. The van der Waals surface area contributed by atoms with E-state index < -0.39 is 0 Å². The lowest BCUT2D eigenvalue weighted by molar-refractivity contribution is 0.123. The van der Waals surface area contributed by atoms with Crippen molar-refractivity contribution in [2.45, 2.75) is 32.4 Å². The fraction of sp³-hybridized carbons (Fsp3) is 0.750. The van der Waals surface area contributed by atoms with Crippen LogP contribution >= 0.6 is 11.3 Å². The molecule has 2 N–H and O–H groups in total. The van der Waals surface area contributed by atoms with Crippen LogP contribution in [0, 0.1) is 6.92 Å². The zero-order chi connectivity index (χ0) is 12.1. The maximum Gasteiger partial charge on any atom is 0.107 e. The molecule has 0 bridgehead atoms. The van der Waals surface area contributed by atoms with Crippen LogP contribution in [0.1, 0.15) is 23.5 Å². The van der Waals surface area contributed by atoms with E-state index in [2.05, 4.69) is 20.6 Å². The van der Waals surface area contributed by atoms with Crippen LogP contribution in [-0.2, 0) is 6.54 Å². The first-order valence-corrected chi connectivity index (χ1v) is 7.14. The molecule has 1 atom stereocenters. The highest BCUT2D eigenvalue weighted by atomic mass is 32.1. The number of aliphatic hydroxyl groups is 1. The van der Waals surface area contributed by atoms with Crippen molar-refractivity contribution in [3.63, 3.8) is 0 Å². The van der Waals surface area contributed by atoms with E-state index in [1.807, 2.05) is 6.92 Å². The van der Waals surface area contributed by atoms with Gasteiger partial charge in [0.1, 0.15) is 5.01 Å². The van der Waals surface area contributed by atoms with E-state index in [1.54, 1.807) is 11.3 Å². The Morgan fingerprint density at radius 2 is 2.29 bits per heavy atom. The fourth-order valence-corrected chi connectivity index (χ4v) is 2.90. The molecule has 1 aromatic heterocycles. The largest absolute Gasteiger partial charge is 0.390 e. The normalized spacial score (nSPS) is 18.7. The second-order valence-electron chi connectivity index (χ2n) is 4.68. The van der Waals surface area contributed by atoms with Crippen LogP contribution in [0.15, 0.2) is 5.38 Å². The third-order valence-electron chi connectivity index (χ3n) is 2.99. The van der Waals surface area contributed by atoms with Gasteiger partial charge in [0.2, 0.25) is 0 Å². The second kappa shape index (κ2) is 6.44. The van der Waals surface area contributed by atoms with Crippen LogP contribution in [0.3, 0.4) is 0 Å². The van der Waals surface area contributed by atoms with Gasteiger partial charge in [0, 0.05) is 30.7 Å². The number of aryl methyl sites for hydroxylation is 1. The summed E-state index contributed by atoms with van der Waals surface area (Å²) in [5.74, 6) is 0. The molecule has 0 aliphatic carbocycles. The summed E-state index contributed by atoms with van der Waals surface area (Å²) in [6.07, 6.45) is 2.28. The van der Waals surface area contributed by atoms with Crippen molar-refractivity contribution in [1.82, 2.24) is 15.2 Å². The van der Waals surface area contributed by atoms with Gasteiger partial charge in [-0.3, -0.25) is 0 Å². The Kier molecular flexibility index (Phi) is 4.91. The van der Waals surface area contributed by atoms with E-state index in [1.165, 1.54) is 12.8 Å². The lowest BCUT2D eigenvalue weighted by atomic mass is 10.3. The van der Waals surface area contributed by atoms with Gasteiger partial charge in [-0.2, -0.15) is 0 Å². The average Bonchev–Trinajstić information content (AvgIpc) is 2.90. The van der Waals surface area contributed by atoms with Gasteiger partial charge in [-0.15, -0.1) is 11.3 Å². The number of hydrogen-bond acceptors (Lipinski definition) is 5. The molecule has 0 spiro atoms. The van der Waals surface area contributed by atoms with Crippen LogP contribution in [0.5, 0.6) is 0 Å². The molecule has 1 fully saturated rings. The minimum Gasteiger partial charge on any atom is -0.390 e. The van der Waals surface area contributed by atoms with Gasteiger partial charge < -0.3 is 15.3 Å². The number of nitrogens with zero attached hydrogens (tertiary/aromatic N) is 2. The highest BCUT2D eigenvalue weighted by Gasteiger charge is 2.15. The molecular weight excluding hydrogens is 234 g/mol. The molecule has 96 valence electrons. The lowest BCUT2D eigenvalue weighted by Gasteiger charge is -2.19. The molecule has 1 saturated heterocycles. The molecule has 0 radical (unpaired) electrons. The third-order valence-corrected chi connectivity index (χ3v) is 3.96. The predicted molar refractivity (Wildman–Crippen MR) is 70.2 cm³/mol. The van der Waals surface area contributed by atoms with E-state index in [4.69, 9.17) is 0 Å². The molecule has 2 heterocycles. The third kappa shape index (κ3) is 4.35. The topological polar surface area (TPSA) is 48.4 Å². The molecule has 0 aromatic carbocycles. The molecule has 1 aromatic rings. The van der Waals surface area contributed by atoms with Crippen molar-refractivity contribution in [3.8, 4) is 0 Å². The minimum atomic E-state index is -0.269. The number of aromatic nitrogens is 1. The summed E-state index contributed by atoms with van der Waals surface area (Å²) in [6, 6.07) is 0. The summed E-state index contributed by atoms with van der Waals surface area (Å²) < 4.78 is 0. The zero-order valence-electron chi connectivity index (χ0n) is 10.4. The number of nitrogens with one attached hydrogen (secondary N) is 1. The zero-order valence-corrected chi connectivity index (χ0v) is 11.2. The molecule has 0 amide bonds. The molecule has 4 nitrogen and oxygen atoms in total. The Labute approximate surface area is 107 Å². The maximum atomic E-state index is 9.87. The van der Waals surface area contributed by atoms with Crippen LogP contribution < -0.4 is 5.32 Å². The van der Waals surface area contributed by atoms with Crippen LogP contribution in [-0.4, -0.2) is 47.3 Å². The van der Waals surface area contributed by atoms with Crippen LogP contribution in [0.25, 0.3) is 0 Å². The molecular formula is C12H21N3OS. The first kappa shape index (κ1) is 13.0. The summed E-state index contributed by atoms with van der Waals surface area (Å²) in [5.41, 5.74) is 1.07. The first-order valence-electron chi connectivity index (χ1n) is 6.26. The smallest absolute Gasteiger partial charge is 0.107 e. The monoisotopic (exact) mass is 255 g/mol. The quantitative estimate of drug-likeness (QED) is 0.796. The summed E-state index contributed by atoms with van der Waals surface area (Å²) >= 11 is 1.67. The van der Waals surface area contributed by atoms with Gasteiger partial charge in [0.05, 0.1) is 6.10 Å². The standard InChI is InChI=1S/C12H21N3OS/c1-10-9-17-12(14-10)7-13-6-11(16)8-15-4-2-3-5-15/h9,11,13,16H,2-8H2,1H3. The number of β-amino-alcohol motifs (C(OH)–C–C–N with tert-alkyl or cyclic N) is 1. The number of thiazole rings is 1. The average molecular weight is 255 g/mol. The Morgan fingerprint density at radius 1 is 1.53 bits per heavy atom. The Hall–Kier alpha value is -0.490. The van der Waals surface area contributed by atoms with Gasteiger partial charge in [0.15, 0.2) is 0 Å². The van der Waals surface area contributed by atoms with E-state index in [-0.39, 0.29) is 6.10 Å². The molecule has 1 aliphatic rings. The summed E-state index contributed by atoms with van der Waals surface area (Å²) in [6.45, 7) is 6.49. The molecule has 5 heteroatoms. The summed E-state index contributed by atoms with van der Waals surface area (Å²) in [4.78, 5) is 6.71. The SMILES string of the molecule is Cc1csc(CNCC(O)CN2CCCC2)n1. The van der Waals surface area contributed by atoms with Crippen LogP contribution in [0.2, 0.25) is 0 Å². The summed E-state index contributed by atoms with van der Waals surface area (Å²) in [7, 11) is 0. The van der Waals surface area contributed by atoms with E-state index in [0.29, 0.717) is 6.54 Å². The highest BCUT2D eigenvalue weighted by Crippen LogP contribution is 2.09. The van der Waals surface area contributed by atoms with Crippen molar-refractivity contribution in [3.05, 3.63) is 16.1 Å². The number of hydrogen-bond donors (Lipinski definition) is 2. The second-order valence-corrected chi connectivity index (χ2v) is 5.62. The molecule has 17 heavy (non-hydrogen) atoms. The fourth-order valence-electron chi connectivity index (χ4n) is 2.16. The van der Waals surface area contributed by atoms with Gasteiger partial charge in [0.25, 0.3) is 0 Å². The van der Waals surface area contributed by atoms with Gasteiger partial charge in [-0.25, -0.2) is 4.98 Å². The van der Waals surface area contributed by atoms with Crippen molar-refractivity contribution < 1.29 is 5.11 Å². The first-order chi connectivity index (χ1) is 8.24. The molecule has 0 saturated carbocycles. The number of rotatable bonds is 6. The molecule has 1 unspecified atom stereocenters. The lowest BCUT2D eigenvalue weighted by Crippen LogP contribution is -2.36. The van der Waals surface area contributed by atoms with E-state index in [9.17, 15) is 5.11 Å².